The van der Waals surface area contributed by atoms with Gasteiger partial charge >= 0.3 is 0 Å². The van der Waals surface area contributed by atoms with Crippen molar-refractivity contribution in [2.45, 2.75) is 0 Å². The zero-order chi connectivity index (χ0) is 16.0. The van der Waals surface area contributed by atoms with Gasteiger partial charge in [0.1, 0.15) is 11.2 Å². The SMILES string of the molecule is O=C(c1cccc(Cl)c1Cl)c1cccc2c1oc1ccccc12. The van der Waals surface area contributed by atoms with Crippen LogP contribution < -0.4 is 0 Å². The lowest BCUT2D eigenvalue weighted by Gasteiger charge is -2.05. The molecule has 0 fully saturated rings. The Hall–Kier alpha value is -2.29. The average molecular weight is 341 g/mol. The largest absolute Gasteiger partial charge is 0.455 e. The van der Waals surface area contributed by atoms with E-state index in [4.69, 9.17) is 27.6 Å². The zero-order valence-corrected chi connectivity index (χ0v) is 13.4. The van der Waals surface area contributed by atoms with Crippen LogP contribution in [0.15, 0.2) is 65.1 Å². The van der Waals surface area contributed by atoms with Crippen LogP contribution in [0.25, 0.3) is 21.9 Å². The van der Waals surface area contributed by atoms with Crippen LogP contribution in [0, 0.1) is 0 Å². The molecule has 1 aromatic heterocycles. The third-order valence-electron chi connectivity index (χ3n) is 3.85. The molecule has 0 saturated heterocycles. The van der Waals surface area contributed by atoms with Gasteiger partial charge < -0.3 is 4.42 Å². The molecular formula is C19H10Cl2O2. The van der Waals surface area contributed by atoms with Crippen molar-refractivity contribution in [1.29, 1.82) is 0 Å². The van der Waals surface area contributed by atoms with Gasteiger partial charge in [-0.3, -0.25) is 4.79 Å². The fourth-order valence-electron chi connectivity index (χ4n) is 2.75. The maximum absolute atomic E-state index is 12.9. The third kappa shape index (κ3) is 2.23. The molecule has 0 aliphatic carbocycles. The summed E-state index contributed by atoms with van der Waals surface area (Å²) < 4.78 is 5.90. The molecule has 0 saturated carbocycles. The van der Waals surface area contributed by atoms with Crippen molar-refractivity contribution < 1.29 is 9.21 Å². The number of fused-ring (bicyclic) bond motifs is 3. The highest BCUT2D eigenvalue weighted by Crippen LogP contribution is 2.33. The summed E-state index contributed by atoms with van der Waals surface area (Å²) in [6, 6.07) is 18.3. The first-order chi connectivity index (χ1) is 11.2. The molecule has 1 heterocycles. The Kier molecular flexibility index (Phi) is 3.37. The number of carbonyl (C=O) groups is 1. The maximum Gasteiger partial charge on any atom is 0.198 e. The van der Waals surface area contributed by atoms with Crippen LogP contribution in [0.4, 0.5) is 0 Å². The van der Waals surface area contributed by atoms with Gasteiger partial charge in [-0.2, -0.15) is 0 Å². The molecule has 3 aromatic carbocycles. The molecule has 2 nitrogen and oxygen atoms in total. The van der Waals surface area contributed by atoms with Crippen molar-refractivity contribution in [2.75, 3.05) is 0 Å². The number of halogens is 2. The minimum absolute atomic E-state index is 0.206. The van der Waals surface area contributed by atoms with E-state index >= 15 is 0 Å². The van der Waals surface area contributed by atoms with E-state index in [2.05, 4.69) is 0 Å². The molecule has 0 atom stereocenters. The van der Waals surface area contributed by atoms with Crippen molar-refractivity contribution in [3.63, 3.8) is 0 Å². The number of benzene rings is 3. The van der Waals surface area contributed by atoms with Gasteiger partial charge in [-0.05, 0) is 24.3 Å². The molecule has 4 heteroatoms. The van der Waals surface area contributed by atoms with Crippen molar-refractivity contribution in [2.24, 2.45) is 0 Å². The predicted octanol–water partition coefficient (Wildman–Crippen LogP) is 6.12. The summed E-state index contributed by atoms with van der Waals surface area (Å²) in [5, 5.41) is 2.50. The molecule has 0 aliphatic rings. The normalized spacial score (nSPS) is 11.2. The van der Waals surface area contributed by atoms with Gasteiger partial charge in [-0.1, -0.05) is 59.6 Å². The minimum Gasteiger partial charge on any atom is -0.455 e. The minimum atomic E-state index is -0.206. The highest BCUT2D eigenvalue weighted by Gasteiger charge is 2.20. The van der Waals surface area contributed by atoms with Gasteiger partial charge in [0, 0.05) is 16.3 Å². The molecule has 0 amide bonds. The lowest BCUT2D eigenvalue weighted by atomic mass is 10.0. The van der Waals surface area contributed by atoms with Crippen molar-refractivity contribution in [1.82, 2.24) is 0 Å². The fraction of sp³-hybridized carbons (Fsp3) is 0. The molecular weight excluding hydrogens is 331 g/mol. The second-order valence-corrected chi connectivity index (χ2v) is 6.00. The summed E-state index contributed by atoms with van der Waals surface area (Å²) in [5.74, 6) is -0.206. The van der Waals surface area contributed by atoms with E-state index in [9.17, 15) is 4.79 Å². The van der Waals surface area contributed by atoms with Crippen LogP contribution in [0.5, 0.6) is 0 Å². The van der Waals surface area contributed by atoms with Crippen molar-refractivity contribution >= 4 is 50.9 Å². The number of furan rings is 1. The quantitative estimate of drug-likeness (QED) is 0.411. The predicted molar refractivity (Wildman–Crippen MR) is 93.6 cm³/mol. The van der Waals surface area contributed by atoms with Gasteiger partial charge in [0.25, 0.3) is 0 Å². The number of carbonyl (C=O) groups excluding carboxylic acids is 1. The average Bonchev–Trinajstić information content (AvgIpc) is 2.95. The lowest BCUT2D eigenvalue weighted by Crippen LogP contribution is -2.02. The van der Waals surface area contributed by atoms with Crippen molar-refractivity contribution in [3.05, 3.63) is 81.8 Å². The van der Waals surface area contributed by atoms with E-state index in [1.54, 1.807) is 24.3 Å². The molecule has 0 spiro atoms. The Labute approximate surface area is 142 Å². The molecule has 112 valence electrons. The van der Waals surface area contributed by atoms with Crippen LogP contribution >= 0.6 is 23.2 Å². The summed E-state index contributed by atoms with van der Waals surface area (Å²) in [4.78, 5) is 12.9. The van der Waals surface area contributed by atoms with Crippen LogP contribution in [-0.2, 0) is 0 Å². The first kappa shape index (κ1) is 14.3. The Bertz CT molecular complexity index is 1060. The monoisotopic (exact) mass is 340 g/mol. The second kappa shape index (κ2) is 5.41. The van der Waals surface area contributed by atoms with E-state index in [1.165, 1.54) is 0 Å². The van der Waals surface area contributed by atoms with E-state index in [0.717, 1.165) is 16.4 Å². The Morgan fingerprint density at radius 3 is 2.35 bits per heavy atom. The van der Waals surface area contributed by atoms with Gasteiger partial charge in [-0.15, -0.1) is 0 Å². The molecule has 0 N–H and O–H groups in total. The summed E-state index contributed by atoms with van der Waals surface area (Å²) in [5.41, 5.74) is 2.16. The van der Waals surface area contributed by atoms with E-state index in [1.807, 2.05) is 36.4 Å². The van der Waals surface area contributed by atoms with Gasteiger partial charge in [0.2, 0.25) is 0 Å². The van der Waals surface area contributed by atoms with Gasteiger partial charge in [0.05, 0.1) is 15.6 Å². The first-order valence-corrected chi connectivity index (χ1v) is 7.81. The third-order valence-corrected chi connectivity index (χ3v) is 4.66. The number of hydrogen-bond acceptors (Lipinski definition) is 2. The zero-order valence-electron chi connectivity index (χ0n) is 11.8. The molecule has 0 aliphatic heterocycles. The molecule has 4 aromatic rings. The molecule has 4 rings (SSSR count). The molecule has 0 radical (unpaired) electrons. The van der Waals surface area contributed by atoms with E-state index < -0.39 is 0 Å². The summed E-state index contributed by atoms with van der Waals surface area (Å²) in [6.07, 6.45) is 0. The van der Waals surface area contributed by atoms with Crippen LogP contribution in [0.2, 0.25) is 10.0 Å². The summed E-state index contributed by atoms with van der Waals surface area (Å²) in [7, 11) is 0. The number of rotatable bonds is 2. The summed E-state index contributed by atoms with van der Waals surface area (Å²) >= 11 is 12.2. The standard InChI is InChI=1S/C19H10Cl2O2/c20-15-9-4-7-13(17(15)21)18(22)14-8-3-6-12-11-5-1-2-10-16(11)23-19(12)14/h1-10H. The Morgan fingerprint density at radius 2 is 1.48 bits per heavy atom. The molecule has 0 unspecified atom stereocenters. The van der Waals surface area contributed by atoms with Crippen LogP contribution in [0.3, 0.4) is 0 Å². The fourth-order valence-corrected chi connectivity index (χ4v) is 3.14. The topological polar surface area (TPSA) is 30.2 Å². The van der Waals surface area contributed by atoms with Crippen LogP contribution in [0.1, 0.15) is 15.9 Å². The Balaban J connectivity index is 1.98. The van der Waals surface area contributed by atoms with Crippen molar-refractivity contribution in [3.8, 4) is 0 Å². The molecule has 0 bridgehead atoms. The van der Waals surface area contributed by atoms with Gasteiger partial charge in [-0.25, -0.2) is 0 Å². The van der Waals surface area contributed by atoms with E-state index in [-0.39, 0.29) is 10.8 Å². The smallest absolute Gasteiger partial charge is 0.198 e. The number of ketones is 1. The number of para-hydroxylation sites is 2. The Morgan fingerprint density at radius 1 is 0.783 bits per heavy atom. The lowest BCUT2D eigenvalue weighted by molar-refractivity contribution is 0.103. The molecule has 23 heavy (non-hydrogen) atoms. The van der Waals surface area contributed by atoms with E-state index in [0.29, 0.717) is 21.7 Å². The second-order valence-electron chi connectivity index (χ2n) is 5.21. The highest BCUT2D eigenvalue weighted by atomic mass is 35.5. The maximum atomic E-state index is 12.9. The number of hydrogen-bond donors (Lipinski definition) is 0. The summed E-state index contributed by atoms with van der Waals surface area (Å²) in [6.45, 7) is 0. The van der Waals surface area contributed by atoms with Gasteiger partial charge in [0.15, 0.2) is 5.78 Å². The highest BCUT2D eigenvalue weighted by molar-refractivity contribution is 6.44. The first-order valence-electron chi connectivity index (χ1n) is 7.06. The van der Waals surface area contributed by atoms with Crippen LogP contribution in [-0.4, -0.2) is 5.78 Å².